The zero-order chi connectivity index (χ0) is 14.0. The standard InChI is InChI=1S/C13H17F2N3O/c1-18-4-2-9(3-5-18)17-13(19)10-6-8(14)7-11(16)12(10)15/h6-7,9H,2-5,16H2,1H3,(H,17,19). The number of amides is 1. The van der Waals surface area contributed by atoms with E-state index >= 15 is 0 Å². The first-order chi connectivity index (χ1) is 8.97. The van der Waals surface area contributed by atoms with Gasteiger partial charge in [0.2, 0.25) is 0 Å². The number of anilines is 1. The summed E-state index contributed by atoms with van der Waals surface area (Å²) in [6, 6.07) is 1.73. The van der Waals surface area contributed by atoms with Gasteiger partial charge in [0.15, 0.2) is 5.82 Å². The maximum absolute atomic E-state index is 13.7. The van der Waals surface area contributed by atoms with E-state index in [1.807, 2.05) is 7.05 Å². The third-order valence-corrected chi connectivity index (χ3v) is 3.36. The van der Waals surface area contributed by atoms with Gasteiger partial charge in [0.05, 0.1) is 11.3 Å². The van der Waals surface area contributed by atoms with Crippen LogP contribution in [0.1, 0.15) is 23.2 Å². The maximum atomic E-state index is 13.7. The van der Waals surface area contributed by atoms with Crippen LogP contribution in [0, 0.1) is 11.6 Å². The van der Waals surface area contributed by atoms with Crippen molar-refractivity contribution >= 4 is 11.6 Å². The maximum Gasteiger partial charge on any atom is 0.254 e. The highest BCUT2D eigenvalue weighted by molar-refractivity contribution is 5.95. The molecule has 4 nitrogen and oxygen atoms in total. The molecule has 0 atom stereocenters. The van der Waals surface area contributed by atoms with Crippen molar-refractivity contribution in [2.24, 2.45) is 0 Å². The van der Waals surface area contributed by atoms with Gasteiger partial charge < -0.3 is 16.0 Å². The quantitative estimate of drug-likeness (QED) is 0.797. The largest absolute Gasteiger partial charge is 0.396 e. The number of benzene rings is 1. The predicted molar refractivity (Wildman–Crippen MR) is 68.8 cm³/mol. The molecule has 1 aromatic carbocycles. The van der Waals surface area contributed by atoms with E-state index in [4.69, 9.17) is 5.73 Å². The van der Waals surface area contributed by atoms with E-state index in [1.54, 1.807) is 0 Å². The molecule has 3 N–H and O–H groups in total. The van der Waals surface area contributed by atoms with E-state index < -0.39 is 17.5 Å². The number of likely N-dealkylation sites (tertiary alicyclic amines) is 1. The Kier molecular flexibility index (Phi) is 3.99. The van der Waals surface area contributed by atoms with Crippen LogP contribution in [0.4, 0.5) is 14.5 Å². The second-order valence-corrected chi connectivity index (χ2v) is 4.91. The number of nitrogens with zero attached hydrogens (tertiary/aromatic N) is 1. The molecule has 0 aromatic heterocycles. The molecule has 2 rings (SSSR count). The summed E-state index contributed by atoms with van der Waals surface area (Å²) < 4.78 is 26.9. The molecule has 1 amide bonds. The van der Waals surface area contributed by atoms with Crippen LogP contribution >= 0.6 is 0 Å². The zero-order valence-electron chi connectivity index (χ0n) is 10.7. The predicted octanol–water partition coefficient (Wildman–Crippen LogP) is 1.37. The topological polar surface area (TPSA) is 58.4 Å². The van der Waals surface area contributed by atoms with Crippen molar-refractivity contribution in [3.63, 3.8) is 0 Å². The summed E-state index contributed by atoms with van der Waals surface area (Å²) in [5, 5.41) is 2.72. The van der Waals surface area contributed by atoms with Gasteiger partial charge in [-0.25, -0.2) is 8.78 Å². The molecule has 6 heteroatoms. The average molecular weight is 269 g/mol. The lowest BCUT2D eigenvalue weighted by Crippen LogP contribution is -2.43. The van der Waals surface area contributed by atoms with E-state index in [2.05, 4.69) is 10.2 Å². The van der Waals surface area contributed by atoms with Gasteiger partial charge in [0.25, 0.3) is 5.91 Å². The third kappa shape index (κ3) is 3.20. The molecule has 1 fully saturated rings. The number of nitrogens with two attached hydrogens (primary N) is 1. The monoisotopic (exact) mass is 269 g/mol. The summed E-state index contributed by atoms with van der Waals surface area (Å²) in [6.45, 7) is 1.75. The van der Waals surface area contributed by atoms with E-state index in [0.29, 0.717) is 0 Å². The molecule has 1 heterocycles. The molecule has 1 saturated heterocycles. The molecule has 1 aliphatic rings. The molecular weight excluding hydrogens is 252 g/mol. The van der Waals surface area contributed by atoms with Gasteiger partial charge >= 0.3 is 0 Å². The lowest BCUT2D eigenvalue weighted by atomic mass is 10.0. The average Bonchev–Trinajstić information content (AvgIpc) is 2.36. The number of hydrogen-bond acceptors (Lipinski definition) is 3. The number of carbonyl (C=O) groups excluding carboxylic acids is 1. The van der Waals surface area contributed by atoms with E-state index in [0.717, 1.165) is 38.1 Å². The highest BCUT2D eigenvalue weighted by atomic mass is 19.1. The SMILES string of the molecule is CN1CCC(NC(=O)c2cc(F)cc(N)c2F)CC1. The van der Waals surface area contributed by atoms with Crippen LogP contribution in [0.15, 0.2) is 12.1 Å². The molecular formula is C13H17F2N3O. The van der Waals surface area contributed by atoms with Crippen LogP contribution in [0.3, 0.4) is 0 Å². The number of nitrogens with one attached hydrogen (secondary N) is 1. The first kappa shape index (κ1) is 13.7. The summed E-state index contributed by atoms with van der Waals surface area (Å²) in [4.78, 5) is 14.1. The molecule has 19 heavy (non-hydrogen) atoms. The number of piperidine rings is 1. The Hall–Kier alpha value is -1.69. The van der Waals surface area contributed by atoms with Crippen LogP contribution in [0.2, 0.25) is 0 Å². The number of carbonyl (C=O) groups is 1. The Balaban J connectivity index is 2.08. The van der Waals surface area contributed by atoms with Crippen LogP contribution in [0.25, 0.3) is 0 Å². The first-order valence-corrected chi connectivity index (χ1v) is 6.21. The van der Waals surface area contributed by atoms with Crippen molar-refractivity contribution in [3.8, 4) is 0 Å². The van der Waals surface area contributed by atoms with Crippen LogP contribution in [-0.2, 0) is 0 Å². The fraction of sp³-hybridized carbons (Fsp3) is 0.462. The molecule has 1 aromatic rings. The van der Waals surface area contributed by atoms with Crippen molar-refractivity contribution in [2.45, 2.75) is 18.9 Å². The Bertz CT molecular complexity index is 485. The molecule has 0 unspecified atom stereocenters. The first-order valence-electron chi connectivity index (χ1n) is 6.21. The fourth-order valence-electron chi connectivity index (χ4n) is 2.19. The molecule has 0 bridgehead atoms. The van der Waals surface area contributed by atoms with Crippen molar-refractivity contribution in [1.82, 2.24) is 10.2 Å². The van der Waals surface area contributed by atoms with Gasteiger partial charge in [-0.05, 0) is 45.1 Å². The minimum absolute atomic E-state index is 0.00686. The van der Waals surface area contributed by atoms with Crippen molar-refractivity contribution < 1.29 is 13.6 Å². The van der Waals surface area contributed by atoms with Crippen molar-refractivity contribution in [1.29, 1.82) is 0 Å². The highest BCUT2D eigenvalue weighted by Crippen LogP contribution is 2.18. The number of rotatable bonds is 2. The van der Waals surface area contributed by atoms with E-state index in [-0.39, 0.29) is 17.3 Å². The zero-order valence-corrected chi connectivity index (χ0v) is 10.7. The second kappa shape index (κ2) is 5.52. The van der Waals surface area contributed by atoms with Gasteiger partial charge in [-0.1, -0.05) is 0 Å². The smallest absolute Gasteiger partial charge is 0.254 e. The minimum Gasteiger partial charge on any atom is -0.396 e. The molecule has 0 spiro atoms. The van der Waals surface area contributed by atoms with Crippen molar-refractivity contribution in [2.75, 3.05) is 25.9 Å². The van der Waals surface area contributed by atoms with Gasteiger partial charge in [0, 0.05) is 6.04 Å². The van der Waals surface area contributed by atoms with Crippen LogP contribution in [-0.4, -0.2) is 37.0 Å². The van der Waals surface area contributed by atoms with Gasteiger partial charge in [0.1, 0.15) is 5.82 Å². The molecule has 104 valence electrons. The molecule has 0 radical (unpaired) electrons. The lowest BCUT2D eigenvalue weighted by molar-refractivity contribution is 0.0912. The molecule has 1 aliphatic heterocycles. The van der Waals surface area contributed by atoms with E-state index in [9.17, 15) is 13.6 Å². The summed E-state index contributed by atoms with van der Waals surface area (Å²) >= 11 is 0. The van der Waals surface area contributed by atoms with Crippen LogP contribution < -0.4 is 11.1 Å². The number of hydrogen-bond donors (Lipinski definition) is 2. The summed E-state index contributed by atoms with van der Waals surface area (Å²) in [7, 11) is 2.00. The van der Waals surface area contributed by atoms with Crippen LogP contribution in [0.5, 0.6) is 0 Å². The van der Waals surface area contributed by atoms with E-state index in [1.165, 1.54) is 0 Å². The molecule has 0 saturated carbocycles. The van der Waals surface area contributed by atoms with Gasteiger partial charge in [-0.2, -0.15) is 0 Å². The van der Waals surface area contributed by atoms with Gasteiger partial charge in [-0.15, -0.1) is 0 Å². The number of halogens is 2. The Morgan fingerprint density at radius 1 is 1.37 bits per heavy atom. The normalized spacial score (nSPS) is 17.4. The summed E-state index contributed by atoms with van der Waals surface area (Å²) in [5.74, 6) is -2.20. The lowest BCUT2D eigenvalue weighted by Gasteiger charge is -2.29. The third-order valence-electron chi connectivity index (χ3n) is 3.36. The minimum atomic E-state index is -0.869. The second-order valence-electron chi connectivity index (χ2n) is 4.91. The van der Waals surface area contributed by atoms with Gasteiger partial charge in [-0.3, -0.25) is 4.79 Å². The number of nitrogen functional groups attached to an aromatic ring is 1. The Labute approximate surface area is 110 Å². The highest BCUT2D eigenvalue weighted by Gasteiger charge is 2.22. The summed E-state index contributed by atoms with van der Waals surface area (Å²) in [6.07, 6.45) is 1.60. The molecule has 0 aliphatic carbocycles. The summed E-state index contributed by atoms with van der Waals surface area (Å²) in [5.41, 5.74) is 4.62. The van der Waals surface area contributed by atoms with Crippen molar-refractivity contribution in [3.05, 3.63) is 29.3 Å². The Morgan fingerprint density at radius 3 is 2.63 bits per heavy atom. The fourth-order valence-corrected chi connectivity index (χ4v) is 2.19. The Morgan fingerprint density at radius 2 is 2.00 bits per heavy atom.